The van der Waals surface area contributed by atoms with Gasteiger partial charge in [0.25, 0.3) is 0 Å². The Morgan fingerprint density at radius 2 is 1.07 bits per heavy atom. The Balaban J connectivity index is 0.000000141. The molecule has 0 saturated heterocycles. The molecule has 0 fully saturated rings. The van der Waals surface area contributed by atoms with Crippen molar-refractivity contribution in [1.82, 2.24) is 24.1 Å². The summed E-state index contributed by atoms with van der Waals surface area (Å²) in [5.74, 6) is -2.38. The first-order valence-electron chi connectivity index (χ1n) is 13.5. The van der Waals surface area contributed by atoms with Gasteiger partial charge in [-0.3, -0.25) is 0 Å². The molecular weight excluding hydrogens is 586 g/mol. The molecule has 0 aliphatic carbocycles. The van der Waals surface area contributed by atoms with Gasteiger partial charge in [-0.05, 0) is 60.7 Å². The van der Waals surface area contributed by atoms with Gasteiger partial charge in [-0.2, -0.15) is 0 Å². The summed E-state index contributed by atoms with van der Waals surface area (Å²) < 4.78 is 56.9. The van der Waals surface area contributed by atoms with Crippen molar-refractivity contribution in [1.29, 1.82) is 0 Å². The van der Waals surface area contributed by atoms with Gasteiger partial charge >= 0.3 is 5.97 Å². The van der Waals surface area contributed by atoms with Crippen LogP contribution in [0.5, 0.6) is 0 Å². The largest absolute Gasteiger partial charge is 0.477 e. The third-order valence-electron chi connectivity index (χ3n) is 6.80. The highest BCUT2D eigenvalue weighted by Crippen LogP contribution is 2.27. The number of fused-ring (bicyclic) bond motifs is 2. The number of hydrogen-bond donors (Lipinski definition) is 1. The highest BCUT2D eigenvalue weighted by Gasteiger charge is 2.15. The molecule has 0 saturated carbocycles. The second kappa shape index (κ2) is 13.2. The number of carboxylic acids is 1. The standard InChI is InChI=1S/2C14H10F2N2.C6H5NO2/c2*1-18-13-5-3-2-4-12(13)17-14(18)10-7-6-9(15)8-11(10)16;8-6(9)5-3-1-2-4-7-5/h2*2-8H,1H3;1-4H,(H,8,9). The lowest BCUT2D eigenvalue weighted by molar-refractivity contribution is 0.0690. The van der Waals surface area contributed by atoms with E-state index >= 15 is 0 Å². The smallest absolute Gasteiger partial charge is 0.354 e. The van der Waals surface area contributed by atoms with Crippen molar-refractivity contribution in [2.24, 2.45) is 14.1 Å². The van der Waals surface area contributed by atoms with Crippen molar-refractivity contribution in [3.63, 3.8) is 0 Å². The van der Waals surface area contributed by atoms with Crippen LogP contribution in [0.3, 0.4) is 0 Å². The lowest BCUT2D eigenvalue weighted by atomic mass is 10.2. The number of nitrogens with zero attached hydrogens (tertiary/aromatic N) is 5. The van der Waals surface area contributed by atoms with E-state index in [1.807, 2.05) is 62.6 Å². The van der Waals surface area contributed by atoms with Crippen LogP contribution in [0.15, 0.2) is 109 Å². The van der Waals surface area contributed by atoms with Crippen molar-refractivity contribution in [2.75, 3.05) is 0 Å². The molecule has 0 aliphatic rings. The molecule has 0 radical (unpaired) electrons. The number of carbonyl (C=O) groups is 1. The lowest BCUT2D eigenvalue weighted by Gasteiger charge is -2.03. The van der Waals surface area contributed by atoms with Crippen LogP contribution in [0.2, 0.25) is 0 Å². The van der Waals surface area contributed by atoms with Crippen molar-refractivity contribution in [2.45, 2.75) is 0 Å². The zero-order chi connectivity index (χ0) is 32.1. The van der Waals surface area contributed by atoms with E-state index in [1.54, 1.807) is 21.3 Å². The van der Waals surface area contributed by atoms with E-state index in [4.69, 9.17) is 5.11 Å². The predicted octanol–water partition coefficient (Wildman–Crippen LogP) is 7.82. The minimum absolute atomic E-state index is 0.0810. The van der Waals surface area contributed by atoms with Crippen LogP contribution in [-0.2, 0) is 14.1 Å². The first kappa shape index (κ1) is 30.6. The van der Waals surface area contributed by atoms with Crippen LogP contribution in [-0.4, -0.2) is 35.2 Å². The number of carboxylic acid groups (broad SMARTS) is 1. The summed E-state index contributed by atoms with van der Waals surface area (Å²) in [5.41, 5.74) is 4.09. The molecular formula is C34H25F4N5O2. The second-order valence-corrected chi connectivity index (χ2v) is 9.73. The molecule has 1 N–H and O–H groups in total. The maximum absolute atomic E-state index is 13.8. The van der Waals surface area contributed by atoms with E-state index in [0.717, 1.165) is 34.2 Å². The average Bonchev–Trinajstić information content (AvgIpc) is 3.55. The molecule has 226 valence electrons. The zero-order valence-electron chi connectivity index (χ0n) is 24.0. The van der Waals surface area contributed by atoms with E-state index in [9.17, 15) is 22.4 Å². The molecule has 0 amide bonds. The Bertz CT molecular complexity index is 2000. The van der Waals surface area contributed by atoms with Gasteiger partial charge in [-0.1, -0.05) is 30.3 Å². The molecule has 0 aliphatic heterocycles. The third-order valence-corrected chi connectivity index (χ3v) is 6.80. The summed E-state index contributed by atoms with van der Waals surface area (Å²) in [7, 11) is 3.63. The molecule has 7 rings (SSSR count). The quantitative estimate of drug-likeness (QED) is 0.206. The normalized spacial score (nSPS) is 10.6. The Labute approximate surface area is 254 Å². The number of imidazole rings is 2. The van der Waals surface area contributed by atoms with Gasteiger partial charge < -0.3 is 14.2 Å². The van der Waals surface area contributed by atoms with Gasteiger partial charge in [0.1, 0.15) is 40.6 Å². The Hall–Kier alpha value is -5.84. The van der Waals surface area contributed by atoms with Gasteiger partial charge in [0, 0.05) is 32.4 Å². The maximum Gasteiger partial charge on any atom is 0.354 e. The van der Waals surface area contributed by atoms with Gasteiger partial charge in [0.2, 0.25) is 0 Å². The first-order valence-corrected chi connectivity index (χ1v) is 13.5. The van der Waals surface area contributed by atoms with E-state index in [0.29, 0.717) is 22.8 Å². The number of rotatable bonds is 3. The molecule has 0 atom stereocenters. The van der Waals surface area contributed by atoms with Crippen LogP contribution in [0.1, 0.15) is 10.5 Å². The van der Waals surface area contributed by atoms with Crippen molar-refractivity contribution < 1.29 is 27.5 Å². The fraction of sp³-hybridized carbons (Fsp3) is 0.0588. The Kier molecular flexibility index (Phi) is 8.99. The number of pyridine rings is 1. The molecule has 7 aromatic rings. The van der Waals surface area contributed by atoms with Crippen molar-refractivity contribution in [3.05, 3.63) is 138 Å². The molecule has 4 aromatic carbocycles. The van der Waals surface area contributed by atoms with Gasteiger partial charge in [0.15, 0.2) is 0 Å². The number of aromatic nitrogens is 5. The van der Waals surface area contributed by atoms with E-state index in [1.165, 1.54) is 36.5 Å². The minimum Gasteiger partial charge on any atom is -0.477 e. The van der Waals surface area contributed by atoms with Crippen LogP contribution < -0.4 is 0 Å². The van der Waals surface area contributed by atoms with Crippen molar-refractivity contribution >= 4 is 28.0 Å². The summed E-state index contributed by atoms with van der Waals surface area (Å²) in [6.07, 6.45) is 1.45. The molecule has 45 heavy (non-hydrogen) atoms. The zero-order valence-corrected chi connectivity index (χ0v) is 24.0. The monoisotopic (exact) mass is 611 g/mol. The highest BCUT2D eigenvalue weighted by molar-refractivity contribution is 5.85. The van der Waals surface area contributed by atoms with E-state index in [2.05, 4.69) is 15.0 Å². The molecule has 0 spiro atoms. The number of benzene rings is 4. The number of aromatic carboxylic acids is 1. The molecule has 3 aromatic heterocycles. The van der Waals surface area contributed by atoms with Crippen LogP contribution >= 0.6 is 0 Å². The average molecular weight is 612 g/mol. The SMILES string of the molecule is Cn1c(-c2ccc(F)cc2F)nc2ccccc21.Cn1c(-c2ccc(F)cc2F)nc2ccccc21.O=C(O)c1ccccn1. The fourth-order valence-electron chi connectivity index (χ4n) is 4.60. The van der Waals surface area contributed by atoms with Crippen LogP contribution in [0, 0.1) is 23.3 Å². The number of para-hydroxylation sites is 4. The summed E-state index contributed by atoms with van der Waals surface area (Å²) in [6, 6.07) is 26.9. The topological polar surface area (TPSA) is 85.8 Å². The molecule has 0 unspecified atom stereocenters. The number of hydrogen-bond acceptors (Lipinski definition) is 4. The van der Waals surface area contributed by atoms with E-state index < -0.39 is 29.2 Å². The lowest BCUT2D eigenvalue weighted by Crippen LogP contribution is -1.97. The minimum atomic E-state index is -0.990. The maximum atomic E-state index is 13.8. The Morgan fingerprint density at radius 3 is 1.42 bits per heavy atom. The number of aryl methyl sites for hydroxylation is 2. The fourth-order valence-corrected chi connectivity index (χ4v) is 4.60. The predicted molar refractivity (Wildman–Crippen MR) is 163 cm³/mol. The van der Waals surface area contributed by atoms with Crippen LogP contribution in [0.4, 0.5) is 17.6 Å². The first-order chi connectivity index (χ1) is 21.6. The van der Waals surface area contributed by atoms with Gasteiger partial charge in [-0.15, -0.1) is 0 Å². The molecule has 7 nitrogen and oxygen atoms in total. The molecule has 0 bridgehead atoms. The van der Waals surface area contributed by atoms with Gasteiger partial charge in [-0.25, -0.2) is 37.3 Å². The Morgan fingerprint density at radius 1 is 0.622 bits per heavy atom. The summed E-state index contributed by atoms with van der Waals surface area (Å²) in [6.45, 7) is 0. The highest BCUT2D eigenvalue weighted by atomic mass is 19.1. The summed E-state index contributed by atoms with van der Waals surface area (Å²) in [5, 5.41) is 8.32. The van der Waals surface area contributed by atoms with E-state index in [-0.39, 0.29) is 5.69 Å². The second-order valence-electron chi connectivity index (χ2n) is 9.73. The molecule has 3 heterocycles. The van der Waals surface area contributed by atoms with Crippen molar-refractivity contribution in [3.8, 4) is 22.8 Å². The van der Waals surface area contributed by atoms with Crippen LogP contribution in [0.25, 0.3) is 44.8 Å². The summed E-state index contributed by atoms with van der Waals surface area (Å²) in [4.78, 5) is 22.5. The summed E-state index contributed by atoms with van der Waals surface area (Å²) >= 11 is 0. The third kappa shape index (κ3) is 6.72. The van der Waals surface area contributed by atoms with Gasteiger partial charge in [0.05, 0.1) is 33.2 Å². The molecule has 11 heteroatoms. The number of halogens is 4.